The molecule has 0 spiro atoms. The molecule has 2 heterocycles. The zero-order valence-electron chi connectivity index (χ0n) is 17.6. The van der Waals surface area contributed by atoms with Gasteiger partial charge in [-0.1, -0.05) is 24.2 Å². The van der Waals surface area contributed by atoms with Crippen molar-refractivity contribution in [3.63, 3.8) is 0 Å². The van der Waals surface area contributed by atoms with E-state index in [-0.39, 0.29) is 11.7 Å². The number of rotatable bonds is 6. The minimum Gasteiger partial charge on any atom is -0.342 e. The molecule has 0 atom stereocenters. The molecule has 0 bridgehead atoms. The maximum absolute atomic E-state index is 12.5. The number of thioether (sulfide) groups is 1. The van der Waals surface area contributed by atoms with Crippen molar-refractivity contribution in [3.8, 4) is 5.69 Å². The van der Waals surface area contributed by atoms with Gasteiger partial charge in [0.1, 0.15) is 12.2 Å². The monoisotopic (exact) mass is 432 g/mol. The Balaban J connectivity index is 1.24. The normalized spacial score (nSPS) is 14.0. The maximum Gasteiger partial charge on any atom is 0.234 e. The van der Waals surface area contributed by atoms with Crippen molar-refractivity contribution in [3.05, 3.63) is 59.7 Å². The van der Waals surface area contributed by atoms with Crippen LogP contribution < -0.4 is 5.32 Å². The van der Waals surface area contributed by atoms with Gasteiger partial charge in [0.25, 0.3) is 0 Å². The molecule has 2 N–H and O–H groups in total. The summed E-state index contributed by atoms with van der Waals surface area (Å²) in [6.45, 7) is 4.16. The number of amides is 1. The fourth-order valence-electron chi connectivity index (χ4n) is 3.68. The third kappa shape index (κ3) is 4.07. The first-order chi connectivity index (χ1) is 15.1. The van der Waals surface area contributed by atoms with Crippen molar-refractivity contribution >= 4 is 34.4 Å². The van der Waals surface area contributed by atoms with Crippen molar-refractivity contribution in [2.24, 2.45) is 0 Å². The van der Waals surface area contributed by atoms with Crippen LogP contribution in [0.3, 0.4) is 0 Å². The average molecular weight is 433 g/mol. The number of hydrogen-bond donors (Lipinski definition) is 2. The van der Waals surface area contributed by atoms with Crippen molar-refractivity contribution in [2.45, 2.75) is 44.2 Å². The van der Waals surface area contributed by atoms with Gasteiger partial charge in [-0.05, 0) is 68.1 Å². The minimum absolute atomic E-state index is 0.0854. The SMILES string of the molecule is Cc1ccc(-n2cnnc2SCC(=O)Nc2ccc3nc(C4CCC4)[nH]c3c2)cc1C. The number of H-pyrrole nitrogens is 1. The van der Waals surface area contributed by atoms with Gasteiger partial charge in [-0.15, -0.1) is 10.2 Å². The number of carbonyl (C=O) groups is 1. The molecule has 5 rings (SSSR count). The molecule has 0 radical (unpaired) electrons. The van der Waals surface area contributed by atoms with Crippen LogP contribution in [-0.4, -0.2) is 36.4 Å². The number of carbonyl (C=O) groups excluding carboxylic acids is 1. The number of hydrogen-bond acceptors (Lipinski definition) is 5. The topological polar surface area (TPSA) is 88.5 Å². The number of imidazole rings is 1. The van der Waals surface area contributed by atoms with E-state index in [1.807, 2.05) is 28.8 Å². The summed E-state index contributed by atoms with van der Waals surface area (Å²) in [7, 11) is 0. The molecule has 0 aliphatic heterocycles. The van der Waals surface area contributed by atoms with Gasteiger partial charge in [0.05, 0.1) is 16.8 Å². The lowest BCUT2D eigenvalue weighted by atomic mass is 9.85. The lowest BCUT2D eigenvalue weighted by Crippen LogP contribution is -2.14. The molecule has 31 heavy (non-hydrogen) atoms. The highest BCUT2D eigenvalue weighted by Crippen LogP contribution is 2.35. The van der Waals surface area contributed by atoms with E-state index >= 15 is 0 Å². The van der Waals surface area contributed by atoms with E-state index in [2.05, 4.69) is 51.5 Å². The smallest absolute Gasteiger partial charge is 0.234 e. The molecule has 0 saturated heterocycles. The van der Waals surface area contributed by atoms with E-state index in [0.717, 1.165) is 28.2 Å². The highest BCUT2D eigenvalue weighted by atomic mass is 32.2. The van der Waals surface area contributed by atoms with E-state index in [0.29, 0.717) is 11.1 Å². The quantitative estimate of drug-likeness (QED) is 0.429. The van der Waals surface area contributed by atoms with Crippen LogP contribution in [0.1, 0.15) is 42.1 Å². The van der Waals surface area contributed by atoms with Crippen LogP contribution in [0.4, 0.5) is 5.69 Å². The van der Waals surface area contributed by atoms with Crippen LogP contribution in [0.2, 0.25) is 0 Å². The van der Waals surface area contributed by atoms with Crippen LogP contribution >= 0.6 is 11.8 Å². The third-order valence-corrected chi connectivity index (χ3v) is 6.84. The Labute approximate surface area is 184 Å². The number of aromatic amines is 1. The summed E-state index contributed by atoms with van der Waals surface area (Å²) < 4.78 is 1.91. The summed E-state index contributed by atoms with van der Waals surface area (Å²) in [5.74, 6) is 1.78. The van der Waals surface area contributed by atoms with Gasteiger partial charge >= 0.3 is 0 Å². The van der Waals surface area contributed by atoms with Gasteiger partial charge in [0.15, 0.2) is 5.16 Å². The van der Waals surface area contributed by atoms with Gasteiger partial charge in [0.2, 0.25) is 5.91 Å². The fourth-order valence-corrected chi connectivity index (χ4v) is 4.41. The molecule has 158 valence electrons. The second-order valence-electron chi connectivity index (χ2n) is 8.07. The Morgan fingerprint density at radius 2 is 2.06 bits per heavy atom. The number of nitrogens with zero attached hydrogens (tertiary/aromatic N) is 4. The number of aromatic nitrogens is 5. The molecule has 4 aromatic rings. The van der Waals surface area contributed by atoms with Crippen LogP contribution in [-0.2, 0) is 4.79 Å². The van der Waals surface area contributed by atoms with Gasteiger partial charge in [-0.2, -0.15) is 0 Å². The molecule has 2 aromatic heterocycles. The molecule has 1 aliphatic rings. The molecule has 1 amide bonds. The zero-order chi connectivity index (χ0) is 21.4. The summed E-state index contributed by atoms with van der Waals surface area (Å²) in [4.78, 5) is 20.6. The molecular weight excluding hydrogens is 408 g/mol. The Hall–Kier alpha value is -3.13. The molecule has 0 unspecified atom stereocenters. The molecule has 1 saturated carbocycles. The predicted octanol–water partition coefficient (Wildman–Crippen LogP) is 4.76. The first-order valence-corrected chi connectivity index (χ1v) is 11.5. The Bertz CT molecular complexity index is 1260. The molecule has 1 aliphatic carbocycles. The van der Waals surface area contributed by atoms with Crippen molar-refractivity contribution < 1.29 is 4.79 Å². The summed E-state index contributed by atoms with van der Waals surface area (Å²) in [6, 6.07) is 12.0. The highest BCUT2D eigenvalue weighted by Gasteiger charge is 2.22. The molecule has 8 heteroatoms. The van der Waals surface area contributed by atoms with E-state index in [9.17, 15) is 4.79 Å². The minimum atomic E-state index is -0.0854. The van der Waals surface area contributed by atoms with Crippen LogP contribution in [0, 0.1) is 13.8 Å². The van der Waals surface area contributed by atoms with Gasteiger partial charge < -0.3 is 10.3 Å². The highest BCUT2D eigenvalue weighted by molar-refractivity contribution is 7.99. The van der Waals surface area contributed by atoms with E-state index < -0.39 is 0 Å². The van der Waals surface area contributed by atoms with E-state index in [1.54, 1.807) is 6.33 Å². The standard InChI is InChI=1S/C23H24N6OS/c1-14-6-8-18(10-15(14)2)29-13-24-28-23(29)31-12-21(30)25-17-7-9-19-20(11-17)27-22(26-19)16-4-3-5-16/h6-11,13,16H,3-5,12H2,1-2H3,(H,25,30)(H,26,27). The van der Waals surface area contributed by atoms with Crippen LogP contribution in [0.25, 0.3) is 16.7 Å². The summed E-state index contributed by atoms with van der Waals surface area (Å²) in [6.07, 6.45) is 5.36. The fraction of sp³-hybridized carbons (Fsp3) is 0.304. The average Bonchev–Trinajstić information content (AvgIpc) is 3.33. The van der Waals surface area contributed by atoms with E-state index in [4.69, 9.17) is 0 Å². The van der Waals surface area contributed by atoms with E-state index in [1.165, 1.54) is 42.2 Å². The summed E-state index contributed by atoms with van der Waals surface area (Å²) in [5.41, 5.74) is 6.09. The first kappa shape index (κ1) is 19.8. The largest absolute Gasteiger partial charge is 0.342 e. The Kier molecular flexibility index (Phi) is 5.23. The Morgan fingerprint density at radius 1 is 1.19 bits per heavy atom. The predicted molar refractivity (Wildman–Crippen MR) is 123 cm³/mol. The Morgan fingerprint density at radius 3 is 2.84 bits per heavy atom. The van der Waals surface area contributed by atoms with Gasteiger partial charge in [-0.25, -0.2) is 4.98 Å². The summed E-state index contributed by atoms with van der Waals surface area (Å²) in [5, 5.41) is 11.9. The van der Waals surface area contributed by atoms with Gasteiger partial charge in [0, 0.05) is 17.3 Å². The number of benzene rings is 2. The maximum atomic E-state index is 12.5. The van der Waals surface area contributed by atoms with Crippen LogP contribution in [0.5, 0.6) is 0 Å². The third-order valence-electron chi connectivity index (χ3n) is 5.89. The van der Waals surface area contributed by atoms with Crippen LogP contribution in [0.15, 0.2) is 47.9 Å². The number of anilines is 1. The molecule has 7 nitrogen and oxygen atoms in total. The zero-order valence-corrected chi connectivity index (χ0v) is 18.4. The molecule has 2 aromatic carbocycles. The van der Waals surface area contributed by atoms with Crippen molar-refractivity contribution in [1.29, 1.82) is 0 Å². The van der Waals surface area contributed by atoms with Gasteiger partial charge in [-0.3, -0.25) is 9.36 Å². The van der Waals surface area contributed by atoms with Crippen molar-refractivity contribution in [2.75, 3.05) is 11.1 Å². The first-order valence-electron chi connectivity index (χ1n) is 10.5. The molecular formula is C23H24N6OS. The number of nitrogens with one attached hydrogen (secondary N) is 2. The van der Waals surface area contributed by atoms with Crippen molar-refractivity contribution in [1.82, 2.24) is 24.7 Å². The second kappa shape index (κ2) is 8.19. The second-order valence-corrected chi connectivity index (χ2v) is 9.01. The lowest BCUT2D eigenvalue weighted by Gasteiger charge is -2.22. The number of aryl methyl sites for hydroxylation is 2. The number of fused-ring (bicyclic) bond motifs is 1. The molecule has 1 fully saturated rings. The lowest BCUT2D eigenvalue weighted by molar-refractivity contribution is -0.113. The summed E-state index contributed by atoms with van der Waals surface area (Å²) >= 11 is 1.37.